The van der Waals surface area contributed by atoms with Crippen LogP contribution in [0.4, 0.5) is 5.69 Å². The zero-order valence-corrected chi connectivity index (χ0v) is 12.3. The summed E-state index contributed by atoms with van der Waals surface area (Å²) in [5.74, 6) is 1.47. The monoisotopic (exact) mass is 250 g/mol. The lowest BCUT2D eigenvalue weighted by molar-refractivity contribution is 0.412. The first kappa shape index (κ1) is 14.8. The number of nitrogens with two attached hydrogens (primary N) is 1. The number of anilines is 1. The van der Waals surface area contributed by atoms with E-state index in [2.05, 4.69) is 39.1 Å². The molecule has 0 heterocycles. The quantitative estimate of drug-likeness (QED) is 0.816. The van der Waals surface area contributed by atoms with Crippen LogP contribution in [0.25, 0.3) is 0 Å². The molecule has 0 saturated heterocycles. The number of hydrogen-bond acceptors (Lipinski definition) is 3. The zero-order chi connectivity index (χ0) is 13.7. The maximum atomic E-state index is 5.74. The van der Waals surface area contributed by atoms with Gasteiger partial charge in [0, 0.05) is 6.54 Å². The second-order valence-corrected chi connectivity index (χ2v) is 4.93. The van der Waals surface area contributed by atoms with Crippen LogP contribution in [0.5, 0.6) is 5.75 Å². The van der Waals surface area contributed by atoms with E-state index in [-0.39, 0.29) is 0 Å². The number of hydrogen-bond donors (Lipinski definition) is 2. The highest BCUT2D eigenvalue weighted by molar-refractivity contribution is 5.66. The number of methoxy groups -OCH3 is 1. The van der Waals surface area contributed by atoms with E-state index in [9.17, 15) is 0 Å². The van der Waals surface area contributed by atoms with Crippen molar-refractivity contribution in [1.29, 1.82) is 0 Å². The molecule has 0 spiro atoms. The zero-order valence-electron chi connectivity index (χ0n) is 12.3. The molecule has 3 N–H and O–H groups in total. The van der Waals surface area contributed by atoms with Crippen molar-refractivity contribution in [2.75, 3.05) is 25.5 Å². The Morgan fingerprint density at radius 2 is 1.94 bits per heavy atom. The van der Waals surface area contributed by atoms with Gasteiger partial charge in [0.25, 0.3) is 0 Å². The molecule has 1 atom stereocenters. The summed E-state index contributed by atoms with van der Waals surface area (Å²) in [6.45, 7) is 10.1. The summed E-state index contributed by atoms with van der Waals surface area (Å²) in [5, 5.41) is 3.50. The van der Waals surface area contributed by atoms with Gasteiger partial charge < -0.3 is 15.8 Å². The third-order valence-electron chi connectivity index (χ3n) is 3.67. The van der Waals surface area contributed by atoms with Gasteiger partial charge in [0.15, 0.2) is 0 Å². The van der Waals surface area contributed by atoms with Gasteiger partial charge in [-0.15, -0.1) is 0 Å². The molecule has 0 bridgehead atoms. The van der Waals surface area contributed by atoms with E-state index in [1.165, 1.54) is 16.7 Å². The van der Waals surface area contributed by atoms with E-state index in [0.29, 0.717) is 5.92 Å². The van der Waals surface area contributed by atoms with Crippen molar-refractivity contribution >= 4 is 5.69 Å². The Labute approximate surface area is 111 Å². The van der Waals surface area contributed by atoms with Gasteiger partial charge in [-0.25, -0.2) is 0 Å². The first-order valence-electron chi connectivity index (χ1n) is 6.63. The largest absolute Gasteiger partial charge is 0.494 e. The van der Waals surface area contributed by atoms with Gasteiger partial charge >= 0.3 is 0 Å². The molecule has 0 aliphatic carbocycles. The minimum atomic E-state index is 0.510. The molecule has 0 fully saturated rings. The highest BCUT2D eigenvalue weighted by Gasteiger charge is 2.13. The van der Waals surface area contributed by atoms with Crippen LogP contribution in [0.15, 0.2) is 6.07 Å². The predicted octanol–water partition coefficient (Wildman–Crippen LogP) is 3.02. The van der Waals surface area contributed by atoms with E-state index in [1.54, 1.807) is 7.11 Å². The summed E-state index contributed by atoms with van der Waals surface area (Å²) < 4.78 is 5.54. The third kappa shape index (κ3) is 3.16. The Morgan fingerprint density at radius 1 is 1.28 bits per heavy atom. The Kier molecular flexibility index (Phi) is 5.48. The fourth-order valence-electron chi connectivity index (χ4n) is 2.17. The van der Waals surface area contributed by atoms with E-state index >= 15 is 0 Å². The average molecular weight is 250 g/mol. The van der Waals surface area contributed by atoms with Crippen LogP contribution in [0.2, 0.25) is 0 Å². The predicted molar refractivity (Wildman–Crippen MR) is 78.5 cm³/mol. The van der Waals surface area contributed by atoms with E-state index < -0.39 is 0 Å². The standard InChI is InChI=1S/C15H26N2O/c1-6-13(8-16)9-17-14-11(3)7-10(2)12(4)15(14)18-5/h7,13,17H,6,8-9,16H2,1-5H3. The summed E-state index contributed by atoms with van der Waals surface area (Å²) in [7, 11) is 1.73. The number of rotatable bonds is 6. The Bertz CT molecular complexity index is 398. The van der Waals surface area contributed by atoms with E-state index in [1.807, 2.05) is 0 Å². The molecule has 0 saturated carbocycles. The van der Waals surface area contributed by atoms with Crippen molar-refractivity contribution in [3.05, 3.63) is 22.8 Å². The van der Waals surface area contributed by atoms with Gasteiger partial charge in [-0.05, 0) is 49.9 Å². The second kappa shape index (κ2) is 6.64. The Balaban J connectivity index is 2.97. The van der Waals surface area contributed by atoms with Crippen molar-refractivity contribution in [2.24, 2.45) is 11.7 Å². The number of nitrogens with one attached hydrogen (secondary N) is 1. The second-order valence-electron chi connectivity index (χ2n) is 4.93. The molecule has 1 unspecified atom stereocenters. The minimum absolute atomic E-state index is 0.510. The molecule has 0 radical (unpaired) electrons. The topological polar surface area (TPSA) is 47.3 Å². The first-order valence-corrected chi connectivity index (χ1v) is 6.63. The van der Waals surface area contributed by atoms with Gasteiger partial charge in [0.1, 0.15) is 5.75 Å². The molecule has 0 aromatic heterocycles. The fourth-order valence-corrected chi connectivity index (χ4v) is 2.17. The number of benzene rings is 1. The molecular formula is C15H26N2O. The van der Waals surface area contributed by atoms with Crippen LogP contribution in [-0.2, 0) is 0 Å². The normalized spacial score (nSPS) is 12.3. The van der Waals surface area contributed by atoms with E-state index in [0.717, 1.165) is 30.9 Å². The highest BCUT2D eigenvalue weighted by atomic mass is 16.5. The molecule has 0 aliphatic rings. The number of ether oxygens (including phenoxy) is 1. The van der Waals surface area contributed by atoms with Gasteiger partial charge in [0.05, 0.1) is 12.8 Å². The van der Waals surface area contributed by atoms with Crippen LogP contribution in [0, 0.1) is 26.7 Å². The molecule has 0 amide bonds. The minimum Gasteiger partial charge on any atom is -0.494 e. The molecule has 18 heavy (non-hydrogen) atoms. The smallest absolute Gasteiger partial charge is 0.145 e. The molecule has 3 nitrogen and oxygen atoms in total. The van der Waals surface area contributed by atoms with Crippen LogP contribution in [-0.4, -0.2) is 20.2 Å². The van der Waals surface area contributed by atoms with Gasteiger partial charge in [0.2, 0.25) is 0 Å². The molecular weight excluding hydrogens is 224 g/mol. The van der Waals surface area contributed by atoms with Crippen molar-refractivity contribution in [2.45, 2.75) is 34.1 Å². The molecule has 3 heteroatoms. The fraction of sp³-hybridized carbons (Fsp3) is 0.600. The van der Waals surface area contributed by atoms with Gasteiger partial charge in [-0.3, -0.25) is 0 Å². The maximum Gasteiger partial charge on any atom is 0.145 e. The van der Waals surface area contributed by atoms with Gasteiger partial charge in [-0.2, -0.15) is 0 Å². The first-order chi connectivity index (χ1) is 8.54. The maximum absolute atomic E-state index is 5.74. The van der Waals surface area contributed by atoms with Crippen molar-refractivity contribution in [1.82, 2.24) is 0 Å². The van der Waals surface area contributed by atoms with Gasteiger partial charge in [-0.1, -0.05) is 19.4 Å². The summed E-state index contributed by atoms with van der Waals surface area (Å²) in [6.07, 6.45) is 1.09. The molecule has 1 aromatic rings. The Morgan fingerprint density at radius 3 is 2.44 bits per heavy atom. The van der Waals surface area contributed by atoms with Crippen molar-refractivity contribution < 1.29 is 4.74 Å². The van der Waals surface area contributed by atoms with Crippen molar-refractivity contribution in [3.63, 3.8) is 0 Å². The summed E-state index contributed by atoms with van der Waals surface area (Å²) in [4.78, 5) is 0. The summed E-state index contributed by atoms with van der Waals surface area (Å²) in [5.41, 5.74) is 10.5. The number of aryl methyl sites for hydroxylation is 2. The molecule has 1 rings (SSSR count). The van der Waals surface area contributed by atoms with Crippen LogP contribution in [0.3, 0.4) is 0 Å². The highest BCUT2D eigenvalue weighted by Crippen LogP contribution is 2.34. The summed E-state index contributed by atoms with van der Waals surface area (Å²) >= 11 is 0. The third-order valence-corrected chi connectivity index (χ3v) is 3.67. The molecule has 102 valence electrons. The van der Waals surface area contributed by atoms with Crippen LogP contribution < -0.4 is 15.8 Å². The lowest BCUT2D eigenvalue weighted by Crippen LogP contribution is -2.22. The van der Waals surface area contributed by atoms with Crippen molar-refractivity contribution in [3.8, 4) is 5.75 Å². The average Bonchev–Trinajstić information content (AvgIpc) is 2.36. The lowest BCUT2D eigenvalue weighted by Gasteiger charge is -2.20. The van der Waals surface area contributed by atoms with Crippen LogP contribution >= 0.6 is 0 Å². The van der Waals surface area contributed by atoms with E-state index in [4.69, 9.17) is 10.5 Å². The lowest BCUT2D eigenvalue weighted by atomic mass is 10.0. The summed E-state index contributed by atoms with van der Waals surface area (Å²) in [6, 6.07) is 2.20. The Hall–Kier alpha value is -1.22. The molecule has 1 aromatic carbocycles. The molecule has 0 aliphatic heterocycles. The SMILES string of the molecule is CCC(CN)CNc1c(C)cc(C)c(C)c1OC. The van der Waals surface area contributed by atoms with Crippen LogP contribution in [0.1, 0.15) is 30.0 Å².